The third-order valence-corrected chi connectivity index (χ3v) is 4.36. The molecule has 19 heavy (non-hydrogen) atoms. The fourth-order valence-electron chi connectivity index (χ4n) is 1.66. The van der Waals surface area contributed by atoms with Crippen LogP contribution in [0.2, 0.25) is 0 Å². The lowest BCUT2D eigenvalue weighted by Crippen LogP contribution is -1.81. The molecule has 0 aliphatic carbocycles. The third-order valence-electron chi connectivity index (χ3n) is 2.62. The standard InChI is InChI=1S/C13H11N3OS2/c1-17-9-4-2-8(3-5-9)12-15-6-11(19-12)10-7-18-13(14)16-10/h2-7H,1H3,(H2,14,16). The van der Waals surface area contributed by atoms with Crippen molar-refractivity contribution in [3.63, 3.8) is 0 Å². The van der Waals surface area contributed by atoms with Gasteiger partial charge in [-0.1, -0.05) is 0 Å². The fourth-order valence-corrected chi connectivity index (χ4v) is 3.18. The summed E-state index contributed by atoms with van der Waals surface area (Å²) in [5.74, 6) is 0.841. The average molecular weight is 289 g/mol. The topological polar surface area (TPSA) is 61.0 Å². The molecule has 0 aliphatic rings. The molecule has 0 unspecified atom stereocenters. The zero-order valence-electron chi connectivity index (χ0n) is 10.2. The maximum absolute atomic E-state index is 5.64. The SMILES string of the molecule is COc1ccc(-c2ncc(-c3csc(N)n3)s2)cc1. The number of anilines is 1. The first-order valence-corrected chi connectivity index (χ1v) is 7.27. The van der Waals surface area contributed by atoms with Crippen LogP contribution in [-0.2, 0) is 0 Å². The summed E-state index contributed by atoms with van der Waals surface area (Å²) in [4.78, 5) is 9.72. The predicted octanol–water partition coefficient (Wildman–Crippen LogP) is 3.52. The van der Waals surface area contributed by atoms with E-state index in [-0.39, 0.29) is 0 Å². The molecule has 0 saturated carbocycles. The zero-order chi connectivity index (χ0) is 13.2. The van der Waals surface area contributed by atoms with Crippen molar-refractivity contribution in [2.75, 3.05) is 12.8 Å². The maximum Gasteiger partial charge on any atom is 0.180 e. The Bertz CT molecular complexity index is 688. The summed E-state index contributed by atoms with van der Waals surface area (Å²) in [6, 6.07) is 7.85. The van der Waals surface area contributed by atoms with Crippen molar-refractivity contribution >= 4 is 27.8 Å². The molecule has 0 atom stereocenters. The summed E-state index contributed by atoms with van der Waals surface area (Å²) in [5, 5.41) is 3.49. The van der Waals surface area contributed by atoms with Crippen LogP contribution in [0.15, 0.2) is 35.8 Å². The number of nitrogens with zero attached hydrogens (tertiary/aromatic N) is 2. The van der Waals surface area contributed by atoms with Gasteiger partial charge in [-0.2, -0.15) is 0 Å². The molecule has 6 heteroatoms. The van der Waals surface area contributed by atoms with E-state index in [4.69, 9.17) is 10.5 Å². The quantitative estimate of drug-likeness (QED) is 0.801. The van der Waals surface area contributed by atoms with Gasteiger partial charge in [0.1, 0.15) is 10.8 Å². The van der Waals surface area contributed by atoms with E-state index in [1.165, 1.54) is 11.3 Å². The van der Waals surface area contributed by atoms with Crippen LogP contribution in [0.25, 0.3) is 21.1 Å². The Morgan fingerprint density at radius 3 is 2.63 bits per heavy atom. The van der Waals surface area contributed by atoms with Gasteiger partial charge in [0.25, 0.3) is 0 Å². The maximum atomic E-state index is 5.64. The molecule has 3 rings (SSSR count). The molecule has 0 radical (unpaired) electrons. The van der Waals surface area contributed by atoms with E-state index < -0.39 is 0 Å². The summed E-state index contributed by atoms with van der Waals surface area (Å²) >= 11 is 3.04. The number of methoxy groups -OCH3 is 1. The molecule has 4 nitrogen and oxygen atoms in total. The smallest absolute Gasteiger partial charge is 0.180 e. The van der Waals surface area contributed by atoms with Crippen molar-refractivity contribution in [3.05, 3.63) is 35.8 Å². The molecular formula is C13H11N3OS2. The molecule has 0 spiro atoms. The van der Waals surface area contributed by atoms with Crippen LogP contribution in [0.1, 0.15) is 0 Å². The van der Waals surface area contributed by atoms with Crippen molar-refractivity contribution in [2.45, 2.75) is 0 Å². The summed E-state index contributed by atoms with van der Waals surface area (Å²) in [6.45, 7) is 0. The van der Waals surface area contributed by atoms with Gasteiger partial charge in [0, 0.05) is 17.1 Å². The van der Waals surface area contributed by atoms with Crippen LogP contribution in [-0.4, -0.2) is 17.1 Å². The Hall–Kier alpha value is -1.92. The summed E-state index contributed by atoms with van der Waals surface area (Å²) in [5.41, 5.74) is 7.60. The van der Waals surface area contributed by atoms with E-state index >= 15 is 0 Å². The number of rotatable bonds is 3. The van der Waals surface area contributed by atoms with Crippen LogP contribution in [0.5, 0.6) is 5.75 Å². The van der Waals surface area contributed by atoms with E-state index in [0.717, 1.165) is 26.9 Å². The molecular weight excluding hydrogens is 278 g/mol. The molecule has 0 saturated heterocycles. The van der Waals surface area contributed by atoms with Gasteiger partial charge in [0.2, 0.25) is 0 Å². The van der Waals surface area contributed by atoms with Gasteiger partial charge in [-0.25, -0.2) is 9.97 Å². The Kier molecular flexibility index (Phi) is 3.18. The monoisotopic (exact) mass is 289 g/mol. The molecule has 2 heterocycles. The second-order valence-corrected chi connectivity index (χ2v) is 5.75. The molecule has 2 aromatic heterocycles. The van der Waals surface area contributed by atoms with E-state index in [0.29, 0.717) is 5.13 Å². The zero-order valence-corrected chi connectivity index (χ0v) is 11.8. The van der Waals surface area contributed by atoms with Gasteiger partial charge in [-0.3, -0.25) is 0 Å². The third kappa shape index (κ3) is 2.45. The number of thiazole rings is 2. The molecule has 0 aliphatic heterocycles. The fraction of sp³-hybridized carbons (Fsp3) is 0.0769. The highest BCUT2D eigenvalue weighted by molar-refractivity contribution is 7.19. The van der Waals surface area contributed by atoms with Gasteiger partial charge in [-0.05, 0) is 24.3 Å². The number of nitrogen functional groups attached to an aromatic ring is 1. The minimum atomic E-state index is 0.578. The van der Waals surface area contributed by atoms with Crippen LogP contribution in [0.4, 0.5) is 5.13 Å². The Balaban J connectivity index is 1.91. The van der Waals surface area contributed by atoms with Crippen LogP contribution < -0.4 is 10.5 Å². The summed E-state index contributed by atoms with van der Waals surface area (Å²) in [7, 11) is 1.66. The molecule has 0 amide bonds. The van der Waals surface area contributed by atoms with Crippen LogP contribution in [0.3, 0.4) is 0 Å². The summed E-state index contributed by atoms with van der Waals surface area (Å²) in [6.07, 6.45) is 1.83. The molecule has 1 aromatic carbocycles. The first kappa shape index (κ1) is 12.1. The van der Waals surface area contributed by atoms with E-state index in [1.807, 2.05) is 35.8 Å². The second-order valence-electron chi connectivity index (χ2n) is 3.83. The number of hydrogen-bond donors (Lipinski definition) is 1. The second kappa shape index (κ2) is 4.99. The Labute approximate surface area is 118 Å². The number of aromatic nitrogens is 2. The minimum absolute atomic E-state index is 0.578. The lowest BCUT2D eigenvalue weighted by atomic mass is 10.2. The summed E-state index contributed by atoms with van der Waals surface area (Å²) < 4.78 is 5.14. The molecule has 96 valence electrons. The molecule has 0 fully saturated rings. The highest BCUT2D eigenvalue weighted by Gasteiger charge is 2.09. The van der Waals surface area contributed by atoms with E-state index in [9.17, 15) is 0 Å². The normalized spacial score (nSPS) is 10.6. The van der Waals surface area contributed by atoms with E-state index in [2.05, 4.69) is 9.97 Å². The lowest BCUT2D eigenvalue weighted by molar-refractivity contribution is 0.415. The highest BCUT2D eigenvalue weighted by atomic mass is 32.1. The van der Waals surface area contributed by atoms with Gasteiger partial charge < -0.3 is 10.5 Å². The lowest BCUT2D eigenvalue weighted by Gasteiger charge is -1.99. The number of ether oxygens (including phenoxy) is 1. The van der Waals surface area contributed by atoms with Crippen LogP contribution >= 0.6 is 22.7 Å². The minimum Gasteiger partial charge on any atom is -0.497 e. The van der Waals surface area contributed by atoms with Crippen LogP contribution in [0, 0.1) is 0 Å². The molecule has 2 N–H and O–H groups in total. The number of benzene rings is 1. The highest BCUT2D eigenvalue weighted by Crippen LogP contribution is 2.33. The first-order valence-electron chi connectivity index (χ1n) is 5.58. The predicted molar refractivity (Wildman–Crippen MR) is 79.6 cm³/mol. The Morgan fingerprint density at radius 1 is 1.21 bits per heavy atom. The number of nitrogens with two attached hydrogens (primary N) is 1. The van der Waals surface area contributed by atoms with E-state index in [1.54, 1.807) is 18.4 Å². The van der Waals surface area contributed by atoms with Gasteiger partial charge in [0.05, 0.1) is 17.7 Å². The average Bonchev–Trinajstić information content (AvgIpc) is 3.07. The largest absolute Gasteiger partial charge is 0.497 e. The Morgan fingerprint density at radius 2 is 2.00 bits per heavy atom. The van der Waals surface area contributed by atoms with Gasteiger partial charge >= 0.3 is 0 Å². The first-order chi connectivity index (χ1) is 9.26. The van der Waals surface area contributed by atoms with Crippen molar-refractivity contribution in [1.29, 1.82) is 0 Å². The molecule has 3 aromatic rings. The van der Waals surface area contributed by atoms with Crippen molar-refractivity contribution in [1.82, 2.24) is 9.97 Å². The van der Waals surface area contributed by atoms with Crippen molar-refractivity contribution in [3.8, 4) is 26.9 Å². The van der Waals surface area contributed by atoms with Crippen molar-refractivity contribution < 1.29 is 4.74 Å². The number of hydrogen-bond acceptors (Lipinski definition) is 6. The molecule has 0 bridgehead atoms. The van der Waals surface area contributed by atoms with Gasteiger partial charge in [-0.15, -0.1) is 22.7 Å². The van der Waals surface area contributed by atoms with Crippen molar-refractivity contribution in [2.24, 2.45) is 0 Å². The van der Waals surface area contributed by atoms with Gasteiger partial charge in [0.15, 0.2) is 5.13 Å².